The van der Waals surface area contributed by atoms with Crippen LogP contribution in [0.4, 0.5) is 0 Å². The zero-order valence-corrected chi connectivity index (χ0v) is 32.2. The summed E-state index contributed by atoms with van der Waals surface area (Å²) in [6, 6.07) is 45.1. The van der Waals surface area contributed by atoms with Crippen molar-refractivity contribution in [1.82, 2.24) is 4.40 Å². The van der Waals surface area contributed by atoms with Gasteiger partial charge in [-0.05, 0) is 64.0 Å². The van der Waals surface area contributed by atoms with E-state index in [4.69, 9.17) is 32.8 Å². The van der Waals surface area contributed by atoms with Crippen LogP contribution in [0.3, 0.4) is 0 Å². The first-order valence-electron chi connectivity index (χ1n) is 18.8. The fourth-order valence-corrected chi connectivity index (χ4v) is 7.48. The second kappa shape index (κ2) is 15.6. The molecule has 0 atom stereocenters. The van der Waals surface area contributed by atoms with Gasteiger partial charge < -0.3 is 37.2 Å². The summed E-state index contributed by atoms with van der Waals surface area (Å²) in [5.41, 5.74) is 5.61. The van der Waals surface area contributed by atoms with Gasteiger partial charge in [0, 0.05) is 34.0 Å². The molecule has 0 spiro atoms. The number of benzene rings is 6. The van der Waals surface area contributed by atoms with Gasteiger partial charge >= 0.3 is 5.63 Å². The molecule has 288 valence electrons. The van der Waals surface area contributed by atoms with Gasteiger partial charge in [-0.15, -0.1) is 0 Å². The van der Waals surface area contributed by atoms with E-state index in [1.807, 2.05) is 144 Å². The first-order chi connectivity index (χ1) is 28.5. The van der Waals surface area contributed by atoms with Gasteiger partial charge in [-0.25, -0.2) is 4.79 Å². The first kappa shape index (κ1) is 36.3. The molecule has 9 rings (SSSR count). The molecule has 0 saturated heterocycles. The molecule has 9 aromatic rings. The van der Waals surface area contributed by atoms with Crippen molar-refractivity contribution in [1.29, 1.82) is 0 Å². The summed E-state index contributed by atoms with van der Waals surface area (Å²) in [7, 11) is 4.84. The van der Waals surface area contributed by atoms with Crippen molar-refractivity contribution in [3.05, 3.63) is 173 Å². The van der Waals surface area contributed by atoms with Crippen molar-refractivity contribution in [2.75, 3.05) is 21.3 Å². The van der Waals surface area contributed by atoms with Crippen LogP contribution in [0.2, 0.25) is 0 Å². The van der Waals surface area contributed by atoms with Crippen molar-refractivity contribution >= 4 is 38.2 Å². The fraction of sp³-hybridized carbons (Fsp3) is 0.122. The molecule has 0 unspecified atom stereocenters. The van der Waals surface area contributed by atoms with Crippen LogP contribution in [0.1, 0.15) is 16.7 Å². The number of methoxy groups -OCH3 is 3. The zero-order chi connectivity index (χ0) is 39.6. The van der Waals surface area contributed by atoms with Gasteiger partial charge in [-0.3, -0.25) is 0 Å². The number of pyridine rings is 1. The standard InChI is InChI=1S/C49H39NO8/c1-52-40-24-35(19-20-38(40)55-28-31-13-7-4-8-14-31)45-46-37-26-42(54-3)44(57-30-33-17-11-6-12-18-33)27-39(37)58-49(51)48(46)50-22-21-34-23-43(41(53-2)25-36(34)47(45)50)56-29-32-15-9-5-10-16-32/h4-27H,28-30H2,1-3H3. The monoisotopic (exact) mass is 769 g/mol. The van der Waals surface area contributed by atoms with Gasteiger partial charge in [-0.1, -0.05) is 97.1 Å². The molecule has 0 aliphatic heterocycles. The molecule has 3 aromatic heterocycles. The highest BCUT2D eigenvalue weighted by Gasteiger charge is 2.25. The molecule has 6 aromatic carbocycles. The zero-order valence-electron chi connectivity index (χ0n) is 32.2. The van der Waals surface area contributed by atoms with Gasteiger partial charge in [0.15, 0.2) is 34.5 Å². The molecule has 9 nitrogen and oxygen atoms in total. The lowest BCUT2D eigenvalue weighted by Crippen LogP contribution is -2.03. The van der Waals surface area contributed by atoms with Crippen LogP contribution in [-0.4, -0.2) is 25.7 Å². The van der Waals surface area contributed by atoms with Gasteiger partial charge in [0.2, 0.25) is 0 Å². The normalized spacial score (nSPS) is 11.3. The Morgan fingerprint density at radius 1 is 0.500 bits per heavy atom. The molecule has 0 aliphatic rings. The Morgan fingerprint density at radius 2 is 1.02 bits per heavy atom. The highest BCUT2D eigenvalue weighted by Crippen LogP contribution is 2.46. The Kier molecular flexibility index (Phi) is 9.77. The van der Waals surface area contributed by atoms with Crippen molar-refractivity contribution in [2.24, 2.45) is 0 Å². The summed E-state index contributed by atoms with van der Waals surface area (Å²) in [4.78, 5) is 14.3. The smallest absolute Gasteiger partial charge is 0.361 e. The number of aromatic nitrogens is 1. The third-order valence-corrected chi connectivity index (χ3v) is 10.3. The van der Waals surface area contributed by atoms with E-state index in [9.17, 15) is 4.79 Å². The molecule has 58 heavy (non-hydrogen) atoms. The first-order valence-corrected chi connectivity index (χ1v) is 18.8. The quantitative estimate of drug-likeness (QED) is 0.107. The SMILES string of the molecule is COc1cc(-c2c3c4cc(OC)c(OCc5ccccc5)cc4oc(=O)c3n3ccc4cc(OCc5ccccc5)c(OC)cc4c23)ccc1OCc1ccccc1. The minimum absolute atomic E-state index is 0.305. The predicted octanol–water partition coefficient (Wildman–Crippen LogP) is 10.8. The van der Waals surface area contributed by atoms with Crippen molar-refractivity contribution in [3.8, 4) is 45.6 Å². The van der Waals surface area contributed by atoms with Crippen LogP contribution in [0.15, 0.2) is 155 Å². The second-order valence-corrected chi connectivity index (χ2v) is 13.8. The molecule has 0 aliphatic carbocycles. The molecule has 9 heteroatoms. The lowest BCUT2D eigenvalue weighted by atomic mass is 9.97. The summed E-state index contributed by atoms with van der Waals surface area (Å²) in [6.07, 6.45) is 1.89. The highest BCUT2D eigenvalue weighted by atomic mass is 16.5. The van der Waals surface area contributed by atoms with E-state index in [2.05, 4.69) is 0 Å². The number of nitrogens with zero attached hydrogens (tertiary/aromatic N) is 1. The van der Waals surface area contributed by atoms with Gasteiger partial charge in [0.05, 0.1) is 26.8 Å². The van der Waals surface area contributed by atoms with Crippen LogP contribution in [0, 0.1) is 0 Å². The van der Waals surface area contributed by atoms with E-state index in [1.54, 1.807) is 27.4 Å². The second-order valence-electron chi connectivity index (χ2n) is 13.8. The molecular formula is C49H39NO8. The molecule has 0 fully saturated rings. The number of ether oxygens (including phenoxy) is 6. The van der Waals surface area contributed by atoms with Crippen molar-refractivity contribution in [2.45, 2.75) is 19.8 Å². The van der Waals surface area contributed by atoms with Crippen LogP contribution in [0.25, 0.3) is 49.3 Å². The largest absolute Gasteiger partial charge is 0.493 e. The number of hydrogen-bond donors (Lipinski definition) is 0. The topological polar surface area (TPSA) is 90.0 Å². The lowest BCUT2D eigenvalue weighted by Gasteiger charge is -2.15. The maximum atomic E-state index is 14.3. The molecule has 0 radical (unpaired) electrons. The van der Waals surface area contributed by atoms with Gasteiger partial charge in [0.1, 0.15) is 30.9 Å². The number of rotatable bonds is 13. The van der Waals surface area contributed by atoms with E-state index in [0.717, 1.165) is 44.1 Å². The van der Waals surface area contributed by atoms with Gasteiger partial charge in [0.25, 0.3) is 0 Å². The van der Waals surface area contributed by atoms with Crippen LogP contribution < -0.4 is 34.0 Å². The number of hydrogen-bond acceptors (Lipinski definition) is 8. The Bertz CT molecular complexity index is 2980. The highest BCUT2D eigenvalue weighted by molar-refractivity contribution is 6.22. The average Bonchev–Trinajstić information content (AvgIpc) is 3.64. The third kappa shape index (κ3) is 6.77. The van der Waals surface area contributed by atoms with E-state index in [1.165, 1.54) is 0 Å². The van der Waals surface area contributed by atoms with Crippen molar-refractivity contribution < 1.29 is 32.8 Å². The molecule has 0 N–H and O–H groups in total. The maximum Gasteiger partial charge on any atom is 0.361 e. The van der Waals surface area contributed by atoms with Crippen LogP contribution >= 0.6 is 0 Å². The van der Waals surface area contributed by atoms with Crippen LogP contribution in [0.5, 0.6) is 34.5 Å². The minimum Gasteiger partial charge on any atom is -0.493 e. The lowest BCUT2D eigenvalue weighted by molar-refractivity contribution is 0.284. The Morgan fingerprint density at radius 3 is 1.59 bits per heavy atom. The molecule has 0 saturated carbocycles. The number of fused-ring (bicyclic) bond motifs is 7. The summed E-state index contributed by atoms with van der Waals surface area (Å²) in [6.45, 7) is 1.05. The van der Waals surface area contributed by atoms with Crippen molar-refractivity contribution in [3.63, 3.8) is 0 Å². The minimum atomic E-state index is -0.508. The van der Waals surface area contributed by atoms with E-state index in [0.29, 0.717) is 76.2 Å². The third-order valence-electron chi connectivity index (χ3n) is 10.3. The molecule has 0 bridgehead atoms. The summed E-state index contributed by atoms with van der Waals surface area (Å²) >= 11 is 0. The fourth-order valence-electron chi connectivity index (χ4n) is 7.48. The molecular weight excluding hydrogens is 731 g/mol. The summed E-state index contributed by atoms with van der Waals surface area (Å²) in [5, 5.41) is 3.07. The summed E-state index contributed by atoms with van der Waals surface area (Å²) < 4.78 is 44.6. The Labute approximate surface area is 334 Å². The maximum absolute atomic E-state index is 14.3. The Hall–Kier alpha value is -7.39. The van der Waals surface area contributed by atoms with Gasteiger partial charge in [-0.2, -0.15) is 0 Å². The van der Waals surface area contributed by atoms with Crippen LogP contribution in [-0.2, 0) is 19.8 Å². The molecule has 0 amide bonds. The van der Waals surface area contributed by atoms with E-state index >= 15 is 0 Å². The Balaban J connectivity index is 1.27. The van der Waals surface area contributed by atoms with E-state index < -0.39 is 5.63 Å². The average molecular weight is 770 g/mol. The van der Waals surface area contributed by atoms with E-state index in [-0.39, 0.29) is 0 Å². The summed E-state index contributed by atoms with van der Waals surface area (Å²) in [5.74, 6) is 3.21. The predicted molar refractivity (Wildman–Crippen MR) is 226 cm³/mol. The molecule has 3 heterocycles.